The van der Waals surface area contributed by atoms with Crippen molar-refractivity contribution in [2.45, 2.75) is 36.6 Å². The minimum absolute atomic E-state index is 0.0507. The summed E-state index contributed by atoms with van der Waals surface area (Å²) in [5.74, 6) is 1.90. The second kappa shape index (κ2) is 7.19. The minimum atomic E-state index is -0.0733. The van der Waals surface area contributed by atoms with E-state index in [2.05, 4.69) is 32.9 Å². The number of rotatable bonds is 7. The fourth-order valence-electron chi connectivity index (χ4n) is 2.33. The highest BCUT2D eigenvalue weighted by Gasteiger charge is 2.26. The predicted molar refractivity (Wildman–Crippen MR) is 95.7 cm³/mol. The number of thioether (sulfide) groups is 1. The molecular weight excluding hydrogens is 308 g/mol. The Labute approximate surface area is 140 Å². The zero-order chi connectivity index (χ0) is 16.2. The van der Waals surface area contributed by atoms with Crippen LogP contribution >= 0.6 is 11.8 Å². The summed E-state index contributed by atoms with van der Waals surface area (Å²) in [5, 5.41) is 15.8. The van der Waals surface area contributed by atoms with Crippen LogP contribution in [-0.4, -0.2) is 34.0 Å². The van der Waals surface area contributed by atoms with Crippen LogP contribution in [0, 0.1) is 0 Å². The molecule has 1 aliphatic carbocycles. The molecule has 3 rings (SSSR count). The lowest BCUT2D eigenvalue weighted by Crippen LogP contribution is -2.21. The van der Waals surface area contributed by atoms with Gasteiger partial charge in [-0.15, -0.1) is 11.8 Å². The van der Waals surface area contributed by atoms with Crippen molar-refractivity contribution >= 4 is 29.2 Å². The van der Waals surface area contributed by atoms with Crippen molar-refractivity contribution in [1.82, 2.24) is 9.97 Å². The average molecular weight is 330 g/mol. The smallest absolute Gasteiger partial charge is 0.225 e. The molecule has 0 radical (unpaired) electrons. The predicted octanol–water partition coefficient (Wildman–Crippen LogP) is 3.61. The Bertz CT molecular complexity index is 675. The lowest BCUT2D eigenvalue weighted by Gasteiger charge is -2.15. The van der Waals surface area contributed by atoms with Gasteiger partial charge in [-0.3, -0.25) is 0 Å². The third-order valence-corrected chi connectivity index (χ3v) is 4.56. The van der Waals surface area contributed by atoms with Gasteiger partial charge < -0.3 is 15.7 Å². The van der Waals surface area contributed by atoms with Gasteiger partial charge in [-0.25, -0.2) is 4.98 Å². The molecule has 0 saturated heterocycles. The highest BCUT2D eigenvalue weighted by atomic mass is 32.2. The van der Waals surface area contributed by atoms with Crippen LogP contribution in [0.1, 0.15) is 31.4 Å². The lowest BCUT2D eigenvalue weighted by molar-refractivity contribution is 0.281. The molecule has 0 amide bonds. The first-order valence-electron chi connectivity index (χ1n) is 7.86. The van der Waals surface area contributed by atoms with Crippen LogP contribution in [0.5, 0.6) is 0 Å². The molecule has 1 fully saturated rings. The van der Waals surface area contributed by atoms with Crippen LogP contribution in [0.2, 0.25) is 0 Å². The quantitative estimate of drug-likeness (QED) is 0.674. The summed E-state index contributed by atoms with van der Waals surface area (Å²) in [6.07, 6.45) is 4.44. The zero-order valence-electron chi connectivity index (χ0n) is 13.4. The molecule has 5 nitrogen and oxygen atoms in total. The van der Waals surface area contributed by atoms with Crippen LogP contribution in [-0.2, 0) is 0 Å². The maximum Gasteiger partial charge on any atom is 0.225 e. The van der Waals surface area contributed by atoms with Crippen LogP contribution in [0.4, 0.5) is 17.5 Å². The van der Waals surface area contributed by atoms with Gasteiger partial charge in [0, 0.05) is 22.9 Å². The highest BCUT2D eigenvalue weighted by Crippen LogP contribution is 2.40. The Balaban J connectivity index is 1.88. The molecule has 1 aromatic heterocycles. The molecule has 2 aromatic rings. The van der Waals surface area contributed by atoms with Crippen molar-refractivity contribution in [3.8, 4) is 0 Å². The van der Waals surface area contributed by atoms with E-state index in [1.807, 2.05) is 31.2 Å². The number of nitrogens with one attached hydrogen (secondary N) is 2. The van der Waals surface area contributed by atoms with Crippen LogP contribution in [0.25, 0.3) is 0 Å². The topological polar surface area (TPSA) is 70.1 Å². The fourth-order valence-corrected chi connectivity index (χ4v) is 2.89. The van der Waals surface area contributed by atoms with Crippen molar-refractivity contribution in [3.63, 3.8) is 0 Å². The Kier molecular flexibility index (Phi) is 5.03. The van der Waals surface area contributed by atoms with Crippen LogP contribution in [0.3, 0.4) is 0 Å². The summed E-state index contributed by atoms with van der Waals surface area (Å²) in [6, 6.07) is 10.1. The number of aliphatic hydroxyl groups is 1. The van der Waals surface area contributed by atoms with E-state index in [1.54, 1.807) is 11.8 Å². The van der Waals surface area contributed by atoms with E-state index in [-0.39, 0.29) is 12.6 Å². The molecule has 1 saturated carbocycles. The number of aliphatic hydroxyl groups excluding tert-OH is 1. The van der Waals surface area contributed by atoms with Crippen LogP contribution in [0.15, 0.2) is 35.2 Å². The van der Waals surface area contributed by atoms with E-state index >= 15 is 0 Å². The maximum atomic E-state index is 9.22. The number of para-hydroxylation sites is 1. The lowest BCUT2D eigenvalue weighted by atomic mass is 10.2. The van der Waals surface area contributed by atoms with Gasteiger partial charge in [0.15, 0.2) is 0 Å². The molecule has 0 unspecified atom stereocenters. The van der Waals surface area contributed by atoms with Crippen molar-refractivity contribution in [1.29, 1.82) is 0 Å². The molecular formula is C17H22N4OS. The largest absolute Gasteiger partial charge is 0.394 e. The number of hydrogen-bond acceptors (Lipinski definition) is 6. The summed E-state index contributed by atoms with van der Waals surface area (Å²) in [6.45, 7) is 1.96. The van der Waals surface area contributed by atoms with Crippen molar-refractivity contribution in [2.75, 3.05) is 23.5 Å². The summed E-state index contributed by atoms with van der Waals surface area (Å²) in [7, 11) is 0. The highest BCUT2D eigenvalue weighted by molar-refractivity contribution is 7.98. The molecule has 1 atom stereocenters. The summed E-state index contributed by atoms with van der Waals surface area (Å²) in [4.78, 5) is 10.3. The molecule has 0 aliphatic heterocycles. The molecule has 0 bridgehead atoms. The molecule has 6 heteroatoms. The van der Waals surface area contributed by atoms with Gasteiger partial charge in [0.05, 0.1) is 18.0 Å². The van der Waals surface area contributed by atoms with Gasteiger partial charge in [0.1, 0.15) is 5.82 Å². The molecule has 0 spiro atoms. The van der Waals surface area contributed by atoms with Gasteiger partial charge >= 0.3 is 0 Å². The van der Waals surface area contributed by atoms with Gasteiger partial charge in [-0.2, -0.15) is 4.98 Å². The first-order valence-corrected chi connectivity index (χ1v) is 9.08. The van der Waals surface area contributed by atoms with E-state index in [4.69, 9.17) is 0 Å². The first-order chi connectivity index (χ1) is 11.2. The van der Waals surface area contributed by atoms with Gasteiger partial charge in [-0.1, -0.05) is 12.1 Å². The fraction of sp³-hybridized carbons (Fsp3) is 0.412. The van der Waals surface area contributed by atoms with Crippen molar-refractivity contribution in [2.24, 2.45) is 0 Å². The molecule has 1 aliphatic rings. The van der Waals surface area contributed by atoms with Crippen molar-refractivity contribution in [3.05, 3.63) is 36.0 Å². The second-order valence-corrected chi connectivity index (χ2v) is 6.68. The monoisotopic (exact) mass is 330 g/mol. The number of hydrogen-bond donors (Lipinski definition) is 3. The third kappa shape index (κ3) is 4.14. The molecule has 23 heavy (non-hydrogen) atoms. The number of anilines is 3. The Morgan fingerprint density at radius 3 is 2.78 bits per heavy atom. The minimum Gasteiger partial charge on any atom is -0.394 e. The van der Waals surface area contributed by atoms with Gasteiger partial charge in [0.25, 0.3) is 0 Å². The van der Waals surface area contributed by atoms with E-state index < -0.39 is 0 Å². The molecule has 3 N–H and O–H groups in total. The number of nitrogens with zero attached hydrogens (tertiary/aromatic N) is 2. The molecule has 1 heterocycles. The Hall–Kier alpha value is -1.79. The second-order valence-electron chi connectivity index (χ2n) is 5.83. The number of aromatic nitrogens is 2. The number of benzene rings is 1. The standard InChI is InChI=1S/C17H22N4OS/c1-11(10-22)18-17-20-14(12-7-8-12)9-16(21-17)19-13-5-3-4-6-15(13)23-2/h3-6,9,11-12,22H,7-8,10H2,1-2H3,(H2,18,19,20,21)/t11-/m0/s1. The van der Waals surface area contributed by atoms with E-state index in [9.17, 15) is 5.11 Å². The summed E-state index contributed by atoms with van der Waals surface area (Å²) < 4.78 is 0. The summed E-state index contributed by atoms with van der Waals surface area (Å²) in [5.41, 5.74) is 2.11. The Morgan fingerprint density at radius 1 is 1.30 bits per heavy atom. The SMILES string of the molecule is CSc1ccccc1Nc1cc(C2CC2)nc(N[C@@H](C)CO)n1. The maximum absolute atomic E-state index is 9.22. The zero-order valence-corrected chi connectivity index (χ0v) is 14.2. The normalized spacial score (nSPS) is 15.3. The first kappa shape index (κ1) is 16.1. The van der Waals surface area contributed by atoms with E-state index in [0.29, 0.717) is 11.9 Å². The van der Waals surface area contributed by atoms with Gasteiger partial charge in [-0.05, 0) is 38.2 Å². The van der Waals surface area contributed by atoms with E-state index in [0.717, 1.165) is 17.2 Å². The third-order valence-electron chi connectivity index (χ3n) is 3.76. The van der Waals surface area contributed by atoms with Gasteiger partial charge in [0.2, 0.25) is 5.95 Å². The molecule has 122 valence electrons. The average Bonchev–Trinajstić information content (AvgIpc) is 3.40. The Morgan fingerprint density at radius 2 is 2.09 bits per heavy atom. The summed E-state index contributed by atoms with van der Waals surface area (Å²) >= 11 is 1.70. The molecule has 1 aromatic carbocycles. The van der Waals surface area contributed by atoms with Crippen LogP contribution < -0.4 is 10.6 Å². The van der Waals surface area contributed by atoms with Crippen molar-refractivity contribution < 1.29 is 5.11 Å². The van der Waals surface area contributed by atoms with E-state index in [1.165, 1.54) is 17.7 Å².